The molecule has 6 rings (SSSR count). The zero-order chi connectivity index (χ0) is 22.2. The number of aryl methyl sites for hydroxylation is 1. The summed E-state index contributed by atoms with van der Waals surface area (Å²) in [5, 5.41) is 19.1. The van der Waals surface area contributed by atoms with Crippen LogP contribution < -0.4 is 9.64 Å². The second kappa shape index (κ2) is 8.14. The van der Waals surface area contributed by atoms with E-state index in [1.165, 1.54) is 0 Å². The molecule has 10 heteroatoms. The number of rotatable bonds is 5. The molecule has 0 amide bonds. The molecule has 4 aromatic heterocycles. The van der Waals surface area contributed by atoms with E-state index in [9.17, 15) is 0 Å². The number of hydrogen-bond donors (Lipinski definition) is 0. The van der Waals surface area contributed by atoms with Gasteiger partial charge in [-0.3, -0.25) is 0 Å². The number of aromatic nitrogens is 6. The number of ether oxygens (including phenoxy) is 2. The van der Waals surface area contributed by atoms with E-state index in [1.807, 2.05) is 49.4 Å². The summed E-state index contributed by atoms with van der Waals surface area (Å²) in [6.45, 7) is 5.20. The van der Waals surface area contributed by atoms with E-state index in [0.717, 1.165) is 35.4 Å². The molecule has 1 saturated heterocycles. The molecule has 0 spiro atoms. The minimum absolute atomic E-state index is 0.279. The fourth-order valence-corrected chi connectivity index (χ4v) is 3.95. The van der Waals surface area contributed by atoms with Crippen molar-refractivity contribution in [1.29, 1.82) is 0 Å². The zero-order valence-corrected chi connectivity index (χ0v) is 18.0. The average molecular weight is 443 g/mol. The average Bonchev–Trinajstić information content (AvgIpc) is 3.49. The Kier molecular flexibility index (Phi) is 4.84. The number of pyridine rings is 1. The van der Waals surface area contributed by atoms with Gasteiger partial charge in [0, 0.05) is 29.9 Å². The first-order valence-corrected chi connectivity index (χ1v) is 10.8. The monoisotopic (exact) mass is 443 g/mol. The van der Waals surface area contributed by atoms with Gasteiger partial charge >= 0.3 is 0 Å². The Balaban J connectivity index is 1.36. The van der Waals surface area contributed by atoms with E-state index in [1.54, 1.807) is 10.6 Å². The van der Waals surface area contributed by atoms with E-state index >= 15 is 0 Å². The molecule has 1 aromatic carbocycles. The van der Waals surface area contributed by atoms with Gasteiger partial charge in [0.05, 0.1) is 18.9 Å². The van der Waals surface area contributed by atoms with E-state index in [0.29, 0.717) is 42.0 Å². The Morgan fingerprint density at radius 3 is 2.67 bits per heavy atom. The highest BCUT2D eigenvalue weighted by molar-refractivity contribution is 5.96. The van der Waals surface area contributed by atoms with Crippen molar-refractivity contribution < 1.29 is 14.0 Å². The third-order valence-corrected chi connectivity index (χ3v) is 5.57. The molecule has 5 aromatic rings. The molecule has 166 valence electrons. The Morgan fingerprint density at radius 2 is 1.85 bits per heavy atom. The fraction of sp³-hybridized carbons (Fsp3) is 0.261. The maximum absolute atomic E-state index is 6.18. The van der Waals surface area contributed by atoms with Gasteiger partial charge in [0.2, 0.25) is 11.7 Å². The molecule has 33 heavy (non-hydrogen) atoms. The number of benzene rings is 1. The molecule has 0 radical (unpaired) electrons. The van der Waals surface area contributed by atoms with Crippen LogP contribution in [-0.4, -0.2) is 56.3 Å². The quantitative estimate of drug-likeness (QED) is 0.405. The van der Waals surface area contributed by atoms with E-state index < -0.39 is 0 Å². The summed E-state index contributed by atoms with van der Waals surface area (Å²) in [4.78, 5) is 6.99. The smallest absolute Gasteiger partial charge is 0.240 e. The predicted octanol–water partition coefficient (Wildman–Crippen LogP) is 3.05. The molecular weight excluding hydrogens is 422 g/mol. The van der Waals surface area contributed by atoms with Crippen LogP contribution >= 0.6 is 0 Å². The molecule has 1 fully saturated rings. The number of nitrogens with zero attached hydrogens (tertiary/aromatic N) is 7. The second-order valence-electron chi connectivity index (χ2n) is 7.81. The van der Waals surface area contributed by atoms with Crippen LogP contribution in [0.4, 0.5) is 5.82 Å². The van der Waals surface area contributed by atoms with Crippen LogP contribution in [0.25, 0.3) is 27.9 Å². The zero-order valence-electron chi connectivity index (χ0n) is 18.0. The maximum atomic E-state index is 6.18. The topological polar surface area (TPSA) is 104 Å². The lowest BCUT2D eigenvalue weighted by atomic mass is 10.2. The largest absolute Gasteiger partial charge is 0.470 e. The predicted molar refractivity (Wildman–Crippen MR) is 120 cm³/mol. The lowest BCUT2D eigenvalue weighted by Gasteiger charge is -2.28. The molecule has 0 bridgehead atoms. The van der Waals surface area contributed by atoms with Crippen LogP contribution in [-0.2, 0) is 11.3 Å². The molecule has 0 saturated carbocycles. The maximum Gasteiger partial charge on any atom is 0.240 e. The van der Waals surface area contributed by atoms with Crippen molar-refractivity contribution in [3.8, 4) is 17.4 Å². The van der Waals surface area contributed by atoms with Crippen molar-refractivity contribution >= 4 is 22.2 Å². The molecule has 0 N–H and O–H groups in total. The van der Waals surface area contributed by atoms with Gasteiger partial charge in [0.25, 0.3) is 0 Å². The standard InChI is InChI=1S/C23H21N7O3/c1-15-13-19(28-33-15)22-26-25-21-17-6-2-3-7-18(17)23(27-30(21)22)32-14-16-5-4-8-20(24-16)29-9-11-31-12-10-29/h2-8,13H,9-12,14H2,1H3. The summed E-state index contributed by atoms with van der Waals surface area (Å²) >= 11 is 0. The van der Waals surface area contributed by atoms with Gasteiger partial charge in [-0.1, -0.05) is 29.4 Å². The van der Waals surface area contributed by atoms with Crippen LogP contribution in [0, 0.1) is 6.92 Å². The highest BCUT2D eigenvalue weighted by Crippen LogP contribution is 2.29. The first kappa shape index (κ1) is 19.6. The summed E-state index contributed by atoms with van der Waals surface area (Å²) in [5.41, 5.74) is 2.01. The summed E-state index contributed by atoms with van der Waals surface area (Å²) in [6.07, 6.45) is 0. The summed E-state index contributed by atoms with van der Waals surface area (Å²) in [5.74, 6) is 2.57. The van der Waals surface area contributed by atoms with Crippen molar-refractivity contribution in [3.05, 3.63) is 60.0 Å². The summed E-state index contributed by atoms with van der Waals surface area (Å²) in [6, 6.07) is 15.6. The highest BCUT2D eigenvalue weighted by Gasteiger charge is 2.19. The Bertz CT molecular complexity index is 1440. The molecule has 0 unspecified atom stereocenters. The third kappa shape index (κ3) is 3.64. The van der Waals surface area contributed by atoms with Crippen LogP contribution in [0.5, 0.6) is 5.88 Å². The lowest BCUT2D eigenvalue weighted by Crippen LogP contribution is -2.36. The summed E-state index contributed by atoms with van der Waals surface area (Å²) in [7, 11) is 0. The Hall–Kier alpha value is -4.05. The Morgan fingerprint density at radius 1 is 1.00 bits per heavy atom. The van der Waals surface area contributed by atoms with Gasteiger partial charge in [0.1, 0.15) is 18.2 Å². The highest BCUT2D eigenvalue weighted by atomic mass is 16.5. The first-order valence-electron chi connectivity index (χ1n) is 10.8. The van der Waals surface area contributed by atoms with Crippen molar-refractivity contribution in [1.82, 2.24) is 30.0 Å². The van der Waals surface area contributed by atoms with Crippen molar-refractivity contribution in [2.75, 3.05) is 31.2 Å². The normalized spacial score (nSPS) is 14.3. The van der Waals surface area contributed by atoms with Crippen LogP contribution in [0.1, 0.15) is 11.5 Å². The molecule has 0 atom stereocenters. The minimum Gasteiger partial charge on any atom is -0.470 e. The SMILES string of the molecule is Cc1cc(-c2nnc3c4ccccc4c(OCc4cccc(N5CCOCC5)n4)nn23)no1. The number of morpholine rings is 1. The molecule has 0 aliphatic carbocycles. The fourth-order valence-electron chi connectivity index (χ4n) is 3.95. The van der Waals surface area contributed by atoms with Gasteiger partial charge < -0.3 is 18.9 Å². The van der Waals surface area contributed by atoms with E-state index in [-0.39, 0.29) is 6.61 Å². The second-order valence-corrected chi connectivity index (χ2v) is 7.81. The van der Waals surface area contributed by atoms with E-state index in [2.05, 4.69) is 20.3 Å². The molecule has 1 aliphatic heterocycles. The van der Waals surface area contributed by atoms with Gasteiger partial charge in [-0.2, -0.15) is 4.52 Å². The molecule has 10 nitrogen and oxygen atoms in total. The van der Waals surface area contributed by atoms with Gasteiger partial charge in [0.15, 0.2) is 11.3 Å². The van der Waals surface area contributed by atoms with E-state index in [4.69, 9.17) is 24.1 Å². The number of fused-ring (bicyclic) bond motifs is 3. The summed E-state index contributed by atoms with van der Waals surface area (Å²) < 4.78 is 18.5. The Labute approximate surface area is 188 Å². The van der Waals surface area contributed by atoms with Crippen molar-refractivity contribution in [2.45, 2.75) is 13.5 Å². The molecule has 5 heterocycles. The van der Waals surface area contributed by atoms with Gasteiger partial charge in [-0.05, 0) is 25.1 Å². The van der Waals surface area contributed by atoms with Crippen LogP contribution in [0.15, 0.2) is 53.1 Å². The molecule has 1 aliphatic rings. The van der Waals surface area contributed by atoms with Gasteiger partial charge in [-0.25, -0.2) is 4.98 Å². The van der Waals surface area contributed by atoms with Crippen molar-refractivity contribution in [2.24, 2.45) is 0 Å². The third-order valence-electron chi connectivity index (χ3n) is 5.57. The lowest BCUT2D eigenvalue weighted by molar-refractivity contribution is 0.122. The van der Waals surface area contributed by atoms with Crippen molar-refractivity contribution in [3.63, 3.8) is 0 Å². The molecular formula is C23H21N7O3. The van der Waals surface area contributed by atoms with Gasteiger partial charge in [-0.15, -0.1) is 15.3 Å². The number of hydrogen-bond acceptors (Lipinski definition) is 9. The van der Waals surface area contributed by atoms with Crippen LogP contribution in [0.3, 0.4) is 0 Å². The first-order chi connectivity index (χ1) is 16.3. The van der Waals surface area contributed by atoms with Crippen LogP contribution in [0.2, 0.25) is 0 Å². The minimum atomic E-state index is 0.279. The number of anilines is 1.